The van der Waals surface area contributed by atoms with Crippen molar-refractivity contribution in [3.8, 4) is 0 Å². The van der Waals surface area contributed by atoms with Gasteiger partial charge in [-0.3, -0.25) is 0 Å². The molecular weight excluding hydrogens is 198 g/mol. The summed E-state index contributed by atoms with van der Waals surface area (Å²) in [4.78, 5) is 11.5. The number of hydrogen-bond donors (Lipinski definition) is 3. The molecule has 0 spiro atoms. The number of hydrogen-bond acceptors (Lipinski definition) is 3. The van der Waals surface area contributed by atoms with Crippen LogP contribution >= 0.6 is 11.8 Å². The van der Waals surface area contributed by atoms with Crippen LogP contribution in [-0.2, 0) is 0 Å². The second-order valence-electron chi connectivity index (χ2n) is 3.83. The number of nitrogens with one attached hydrogen (secondary N) is 3. The van der Waals surface area contributed by atoms with Gasteiger partial charge in [0.1, 0.15) is 0 Å². The standard InChI is InChI=1S/C9H17N3OS/c13-9(11-7-5-10-6-7)12-8-3-1-2-4-14-8/h7-8,10H,1-6H2,(H2,11,12,13). The zero-order valence-electron chi connectivity index (χ0n) is 8.21. The number of amides is 2. The molecule has 2 rings (SSSR count). The number of thioether (sulfide) groups is 1. The van der Waals surface area contributed by atoms with Crippen molar-refractivity contribution in [3.05, 3.63) is 0 Å². The minimum absolute atomic E-state index is 0.00380. The molecule has 2 saturated heterocycles. The lowest BCUT2D eigenvalue weighted by atomic mass is 10.2. The highest BCUT2D eigenvalue weighted by molar-refractivity contribution is 7.99. The fraction of sp³-hybridized carbons (Fsp3) is 0.889. The summed E-state index contributed by atoms with van der Waals surface area (Å²) in [7, 11) is 0. The van der Waals surface area contributed by atoms with E-state index in [0.717, 1.165) is 19.5 Å². The molecule has 4 nitrogen and oxygen atoms in total. The molecule has 14 heavy (non-hydrogen) atoms. The van der Waals surface area contributed by atoms with Crippen LogP contribution in [-0.4, -0.2) is 36.3 Å². The van der Waals surface area contributed by atoms with E-state index in [-0.39, 0.29) is 6.03 Å². The summed E-state index contributed by atoms with van der Waals surface area (Å²) in [6.07, 6.45) is 3.64. The lowest BCUT2D eigenvalue weighted by Crippen LogP contribution is -2.59. The molecule has 0 aliphatic carbocycles. The summed E-state index contributed by atoms with van der Waals surface area (Å²) in [5, 5.41) is 9.39. The molecule has 2 fully saturated rings. The quantitative estimate of drug-likeness (QED) is 0.629. The monoisotopic (exact) mass is 215 g/mol. The van der Waals surface area contributed by atoms with Gasteiger partial charge in [0.2, 0.25) is 0 Å². The van der Waals surface area contributed by atoms with E-state index in [0.29, 0.717) is 11.4 Å². The summed E-state index contributed by atoms with van der Waals surface area (Å²) >= 11 is 1.86. The first kappa shape index (κ1) is 10.1. The highest BCUT2D eigenvalue weighted by Gasteiger charge is 2.21. The topological polar surface area (TPSA) is 53.2 Å². The van der Waals surface area contributed by atoms with Gasteiger partial charge in [-0.05, 0) is 25.0 Å². The van der Waals surface area contributed by atoms with Crippen LogP contribution in [0, 0.1) is 0 Å². The SMILES string of the molecule is O=C(NC1CNC1)NC1CCCCS1. The van der Waals surface area contributed by atoms with E-state index in [1.807, 2.05) is 11.8 Å². The molecule has 0 aromatic rings. The lowest BCUT2D eigenvalue weighted by molar-refractivity contribution is 0.230. The van der Waals surface area contributed by atoms with Crippen molar-refractivity contribution in [2.75, 3.05) is 18.8 Å². The number of urea groups is 1. The van der Waals surface area contributed by atoms with Gasteiger partial charge in [-0.1, -0.05) is 0 Å². The number of carbonyl (C=O) groups excluding carboxylic acids is 1. The molecule has 1 unspecified atom stereocenters. The average Bonchev–Trinajstić information content (AvgIpc) is 2.13. The molecule has 80 valence electrons. The van der Waals surface area contributed by atoms with Crippen LogP contribution in [0.3, 0.4) is 0 Å². The van der Waals surface area contributed by atoms with Crippen LogP contribution in [0.1, 0.15) is 19.3 Å². The van der Waals surface area contributed by atoms with Crippen LogP contribution in [0.15, 0.2) is 0 Å². The van der Waals surface area contributed by atoms with E-state index in [4.69, 9.17) is 0 Å². The van der Waals surface area contributed by atoms with Gasteiger partial charge in [-0.25, -0.2) is 4.79 Å². The predicted octanol–water partition coefficient (Wildman–Crippen LogP) is 0.501. The molecule has 3 N–H and O–H groups in total. The second kappa shape index (κ2) is 4.89. The van der Waals surface area contributed by atoms with Gasteiger partial charge in [-0.15, -0.1) is 11.8 Å². The molecule has 5 heteroatoms. The fourth-order valence-electron chi connectivity index (χ4n) is 1.62. The Morgan fingerprint density at radius 3 is 2.71 bits per heavy atom. The third-order valence-electron chi connectivity index (χ3n) is 2.59. The van der Waals surface area contributed by atoms with Crippen molar-refractivity contribution in [1.82, 2.24) is 16.0 Å². The van der Waals surface area contributed by atoms with Crippen molar-refractivity contribution in [2.24, 2.45) is 0 Å². The van der Waals surface area contributed by atoms with Crippen molar-refractivity contribution in [3.63, 3.8) is 0 Å². The first-order chi connectivity index (χ1) is 6.84. The summed E-state index contributed by atoms with van der Waals surface area (Å²) in [5.41, 5.74) is 0. The average molecular weight is 215 g/mol. The molecule has 0 aromatic heterocycles. The summed E-state index contributed by atoms with van der Waals surface area (Å²) in [5.74, 6) is 1.18. The maximum Gasteiger partial charge on any atom is 0.315 e. The summed E-state index contributed by atoms with van der Waals surface area (Å²) in [6.45, 7) is 1.82. The molecule has 1 atom stereocenters. The molecule has 0 aromatic carbocycles. The smallest absolute Gasteiger partial charge is 0.315 e. The van der Waals surface area contributed by atoms with E-state index < -0.39 is 0 Å². The lowest BCUT2D eigenvalue weighted by Gasteiger charge is -2.29. The Kier molecular flexibility index (Phi) is 3.53. The van der Waals surface area contributed by atoms with Gasteiger partial charge >= 0.3 is 6.03 Å². The zero-order chi connectivity index (χ0) is 9.80. The first-order valence-corrected chi connectivity index (χ1v) is 6.29. The van der Waals surface area contributed by atoms with E-state index in [9.17, 15) is 4.79 Å². The molecule has 2 aliphatic rings. The van der Waals surface area contributed by atoms with Crippen molar-refractivity contribution in [2.45, 2.75) is 30.7 Å². The minimum Gasteiger partial charge on any atom is -0.333 e. The maximum atomic E-state index is 11.5. The summed E-state index contributed by atoms with van der Waals surface area (Å²) < 4.78 is 0. The Balaban J connectivity index is 1.64. The Labute approximate surface area is 88.6 Å². The molecule has 0 radical (unpaired) electrons. The molecule has 0 bridgehead atoms. The Morgan fingerprint density at radius 1 is 1.29 bits per heavy atom. The van der Waals surface area contributed by atoms with Crippen LogP contribution in [0.2, 0.25) is 0 Å². The van der Waals surface area contributed by atoms with E-state index >= 15 is 0 Å². The van der Waals surface area contributed by atoms with Crippen molar-refractivity contribution in [1.29, 1.82) is 0 Å². The molecule has 2 heterocycles. The Hall–Kier alpha value is -0.420. The number of carbonyl (C=O) groups is 1. The van der Waals surface area contributed by atoms with Crippen molar-refractivity contribution < 1.29 is 4.79 Å². The third-order valence-corrected chi connectivity index (χ3v) is 3.87. The van der Waals surface area contributed by atoms with Gasteiger partial charge < -0.3 is 16.0 Å². The van der Waals surface area contributed by atoms with Crippen LogP contribution < -0.4 is 16.0 Å². The normalized spacial score (nSPS) is 27.9. The van der Waals surface area contributed by atoms with Gasteiger partial charge in [0.05, 0.1) is 11.4 Å². The predicted molar refractivity (Wildman–Crippen MR) is 58.4 cm³/mol. The molecule has 0 saturated carbocycles. The number of rotatable bonds is 2. The second-order valence-corrected chi connectivity index (χ2v) is 5.14. The zero-order valence-corrected chi connectivity index (χ0v) is 9.03. The third kappa shape index (κ3) is 2.78. The van der Waals surface area contributed by atoms with Gasteiger partial charge in [0.25, 0.3) is 0 Å². The van der Waals surface area contributed by atoms with Gasteiger partial charge in [-0.2, -0.15) is 0 Å². The van der Waals surface area contributed by atoms with Gasteiger partial charge in [0, 0.05) is 13.1 Å². The minimum atomic E-state index is -0.00380. The molecule has 2 aliphatic heterocycles. The Morgan fingerprint density at radius 2 is 2.14 bits per heavy atom. The van der Waals surface area contributed by atoms with Crippen LogP contribution in [0.25, 0.3) is 0 Å². The fourth-order valence-corrected chi connectivity index (χ4v) is 2.80. The van der Waals surface area contributed by atoms with Crippen LogP contribution in [0.4, 0.5) is 4.79 Å². The first-order valence-electron chi connectivity index (χ1n) is 5.24. The highest BCUT2D eigenvalue weighted by atomic mass is 32.2. The molecule has 2 amide bonds. The largest absolute Gasteiger partial charge is 0.333 e. The Bertz CT molecular complexity index is 202. The maximum absolute atomic E-state index is 11.5. The highest BCUT2D eigenvalue weighted by Crippen LogP contribution is 2.22. The summed E-state index contributed by atoms with van der Waals surface area (Å²) in [6, 6.07) is 0.333. The van der Waals surface area contributed by atoms with E-state index in [1.54, 1.807) is 0 Å². The molecular formula is C9H17N3OS. The van der Waals surface area contributed by atoms with E-state index in [2.05, 4.69) is 16.0 Å². The van der Waals surface area contributed by atoms with E-state index in [1.165, 1.54) is 18.6 Å². The van der Waals surface area contributed by atoms with Gasteiger partial charge in [0.15, 0.2) is 0 Å². The van der Waals surface area contributed by atoms with Crippen LogP contribution in [0.5, 0.6) is 0 Å². The van der Waals surface area contributed by atoms with Crippen molar-refractivity contribution >= 4 is 17.8 Å².